The molecule has 0 aromatic carbocycles. The SMILES string of the molecule is CCCN(C(=O)N(C)CCSC)C1COCC1C(=O)O. The van der Waals surface area contributed by atoms with Crippen LogP contribution in [-0.2, 0) is 9.53 Å². The Balaban J connectivity index is 2.76. The molecule has 1 fully saturated rings. The number of ether oxygens (including phenoxy) is 1. The first kappa shape index (κ1) is 17.1. The zero-order valence-electron chi connectivity index (χ0n) is 12.4. The molecule has 0 spiro atoms. The van der Waals surface area contributed by atoms with Gasteiger partial charge in [0.15, 0.2) is 0 Å². The number of rotatable bonds is 7. The Morgan fingerprint density at radius 2 is 2.05 bits per heavy atom. The number of thioether (sulfide) groups is 1. The van der Waals surface area contributed by atoms with Crippen molar-refractivity contribution >= 4 is 23.8 Å². The van der Waals surface area contributed by atoms with E-state index in [-0.39, 0.29) is 18.7 Å². The molecule has 0 radical (unpaired) electrons. The fraction of sp³-hybridized carbons (Fsp3) is 0.846. The van der Waals surface area contributed by atoms with Gasteiger partial charge in [0.05, 0.1) is 19.3 Å². The van der Waals surface area contributed by atoms with E-state index in [1.807, 2.05) is 13.2 Å². The third-order valence-electron chi connectivity index (χ3n) is 3.44. The lowest BCUT2D eigenvalue weighted by molar-refractivity contribution is -0.142. The highest BCUT2D eigenvalue weighted by molar-refractivity contribution is 7.98. The number of amides is 2. The quantitative estimate of drug-likeness (QED) is 0.765. The molecule has 2 atom stereocenters. The maximum Gasteiger partial charge on any atom is 0.320 e. The monoisotopic (exact) mass is 304 g/mol. The number of nitrogens with zero attached hydrogens (tertiary/aromatic N) is 2. The Morgan fingerprint density at radius 3 is 2.60 bits per heavy atom. The number of hydrogen-bond acceptors (Lipinski definition) is 4. The topological polar surface area (TPSA) is 70.1 Å². The minimum absolute atomic E-state index is 0.109. The van der Waals surface area contributed by atoms with Crippen molar-refractivity contribution in [1.82, 2.24) is 9.80 Å². The standard InChI is InChI=1S/C13H24N2O4S/c1-4-5-15(13(18)14(2)6-7-20-3)11-9-19-8-10(11)12(16)17/h10-11H,4-9H2,1-3H3,(H,16,17). The molecule has 0 aromatic heterocycles. The molecule has 1 heterocycles. The van der Waals surface area contributed by atoms with Gasteiger partial charge in [0, 0.05) is 25.9 Å². The Labute approximate surface area is 124 Å². The van der Waals surface area contributed by atoms with Crippen LogP contribution in [0.1, 0.15) is 13.3 Å². The van der Waals surface area contributed by atoms with E-state index in [9.17, 15) is 14.7 Å². The van der Waals surface area contributed by atoms with Gasteiger partial charge >= 0.3 is 12.0 Å². The summed E-state index contributed by atoms with van der Waals surface area (Å²) in [6, 6.07) is -0.473. The van der Waals surface area contributed by atoms with Gasteiger partial charge in [0.2, 0.25) is 0 Å². The van der Waals surface area contributed by atoms with E-state index >= 15 is 0 Å². The summed E-state index contributed by atoms with van der Waals surface area (Å²) < 4.78 is 5.27. The maximum atomic E-state index is 12.5. The second-order valence-electron chi connectivity index (χ2n) is 4.94. The Bertz CT molecular complexity index is 340. The van der Waals surface area contributed by atoms with Gasteiger partial charge in [-0.2, -0.15) is 11.8 Å². The molecule has 0 aromatic rings. The molecule has 116 valence electrons. The first-order valence-electron chi connectivity index (χ1n) is 6.84. The molecule has 2 unspecified atom stereocenters. The van der Waals surface area contributed by atoms with E-state index in [0.29, 0.717) is 19.7 Å². The lowest BCUT2D eigenvalue weighted by Gasteiger charge is -2.33. The number of carboxylic acids is 1. The summed E-state index contributed by atoms with van der Waals surface area (Å²) in [5.41, 5.74) is 0. The Hall–Kier alpha value is -0.950. The number of carbonyl (C=O) groups is 2. The van der Waals surface area contributed by atoms with Gasteiger partial charge < -0.3 is 19.6 Å². The number of urea groups is 1. The van der Waals surface area contributed by atoms with Gasteiger partial charge in [0.25, 0.3) is 0 Å². The number of carboxylic acid groups (broad SMARTS) is 1. The van der Waals surface area contributed by atoms with Crippen LogP contribution in [0.4, 0.5) is 4.79 Å². The fourth-order valence-corrected chi connectivity index (χ4v) is 2.73. The van der Waals surface area contributed by atoms with Crippen LogP contribution in [0, 0.1) is 5.92 Å². The molecule has 0 aliphatic carbocycles. The molecule has 6 nitrogen and oxygen atoms in total. The van der Waals surface area contributed by atoms with Crippen LogP contribution in [0.3, 0.4) is 0 Å². The summed E-state index contributed by atoms with van der Waals surface area (Å²) >= 11 is 1.68. The predicted molar refractivity (Wildman–Crippen MR) is 79.1 cm³/mol. The third-order valence-corrected chi connectivity index (χ3v) is 4.03. The van der Waals surface area contributed by atoms with Crippen LogP contribution in [0.15, 0.2) is 0 Å². The zero-order valence-corrected chi connectivity index (χ0v) is 13.2. The number of aliphatic carboxylic acids is 1. The molecule has 0 bridgehead atoms. The van der Waals surface area contributed by atoms with Crippen molar-refractivity contribution in [3.63, 3.8) is 0 Å². The lowest BCUT2D eigenvalue weighted by Crippen LogP contribution is -2.51. The summed E-state index contributed by atoms with van der Waals surface area (Å²) in [5.74, 6) is -0.654. The van der Waals surface area contributed by atoms with Crippen LogP contribution < -0.4 is 0 Å². The van der Waals surface area contributed by atoms with Crippen LogP contribution in [0.2, 0.25) is 0 Å². The van der Waals surface area contributed by atoms with Gasteiger partial charge in [-0.1, -0.05) is 6.92 Å². The van der Waals surface area contributed by atoms with E-state index < -0.39 is 11.9 Å². The molecular weight excluding hydrogens is 280 g/mol. The van der Waals surface area contributed by atoms with E-state index in [0.717, 1.165) is 12.2 Å². The maximum absolute atomic E-state index is 12.5. The van der Waals surface area contributed by atoms with Crippen molar-refractivity contribution in [3.05, 3.63) is 0 Å². The van der Waals surface area contributed by atoms with E-state index in [1.54, 1.807) is 28.6 Å². The minimum atomic E-state index is -0.895. The Kier molecular flexibility index (Phi) is 7.15. The summed E-state index contributed by atoms with van der Waals surface area (Å²) in [6.07, 6.45) is 2.79. The van der Waals surface area contributed by atoms with E-state index in [4.69, 9.17) is 4.74 Å². The second kappa shape index (κ2) is 8.36. The summed E-state index contributed by atoms with van der Waals surface area (Å²) in [6.45, 7) is 3.68. The van der Waals surface area contributed by atoms with Gasteiger partial charge in [-0.3, -0.25) is 4.79 Å². The average molecular weight is 304 g/mol. The normalized spacial score (nSPS) is 21.8. The molecule has 1 N–H and O–H groups in total. The highest BCUT2D eigenvalue weighted by atomic mass is 32.2. The van der Waals surface area contributed by atoms with Crippen molar-refractivity contribution < 1.29 is 19.4 Å². The molecule has 7 heteroatoms. The first-order chi connectivity index (χ1) is 9.52. The largest absolute Gasteiger partial charge is 0.481 e. The molecule has 20 heavy (non-hydrogen) atoms. The van der Waals surface area contributed by atoms with Crippen molar-refractivity contribution in [2.75, 3.05) is 45.4 Å². The summed E-state index contributed by atoms with van der Waals surface area (Å²) in [4.78, 5) is 27.1. The van der Waals surface area contributed by atoms with Crippen molar-refractivity contribution in [2.45, 2.75) is 19.4 Å². The smallest absolute Gasteiger partial charge is 0.320 e. The van der Waals surface area contributed by atoms with E-state index in [1.165, 1.54) is 0 Å². The van der Waals surface area contributed by atoms with Gasteiger partial charge in [-0.25, -0.2) is 4.79 Å². The molecular formula is C13H24N2O4S. The van der Waals surface area contributed by atoms with Crippen LogP contribution in [-0.4, -0.2) is 78.3 Å². The average Bonchev–Trinajstić information content (AvgIpc) is 2.90. The predicted octanol–water partition coefficient (Wildman–Crippen LogP) is 1.21. The van der Waals surface area contributed by atoms with E-state index in [2.05, 4.69) is 0 Å². The minimum Gasteiger partial charge on any atom is -0.481 e. The van der Waals surface area contributed by atoms with Crippen LogP contribution in [0.25, 0.3) is 0 Å². The molecule has 1 aliphatic rings. The Morgan fingerprint density at radius 1 is 1.35 bits per heavy atom. The highest BCUT2D eigenvalue weighted by Gasteiger charge is 2.40. The second-order valence-corrected chi connectivity index (χ2v) is 5.93. The van der Waals surface area contributed by atoms with Gasteiger partial charge in [-0.15, -0.1) is 0 Å². The highest BCUT2D eigenvalue weighted by Crippen LogP contribution is 2.21. The number of carbonyl (C=O) groups excluding carboxylic acids is 1. The van der Waals surface area contributed by atoms with Crippen molar-refractivity contribution in [1.29, 1.82) is 0 Å². The third kappa shape index (κ3) is 4.28. The molecule has 0 saturated carbocycles. The lowest BCUT2D eigenvalue weighted by atomic mass is 10.0. The first-order valence-corrected chi connectivity index (χ1v) is 8.23. The van der Waals surface area contributed by atoms with Crippen molar-refractivity contribution in [3.8, 4) is 0 Å². The van der Waals surface area contributed by atoms with Gasteiger partial charge in [0.1, 0.15) is 5.92 Å². The molecule has 1 aliphatic heterocycles. The zero-order chi connectivity index (χ0) is 15.1. The number of hydrogen-bond donors (Lipinski definition) is 1. The molecule has 2 amide bonds. The summed E-state index contributed by atoms with van der Waals surface area (Å²) in [5, 5.41) is 9.23. The van der Waals surface area contributed by atoms with Gasteiger partial charge in [-0.05, 0) is 12.7 Å². The van der Waals surface area contributed by atoms with Crippen molar-refractivity contribution in [2.24, 2.45) is 5.92 Å². The molecule has 1 saturated heterocycles. The van der Waals surface area contributed by atoms with Crippen LogP contribution in [0.5, 0.6) is 0 Å². The fourth-order valence-electron chi connectivity index (χ4n) is 2.27. The molecule has 1 rings (SSSR count). The van der Waals surface area contributed by atoms with Crippen LogP contribution >= 0.6 is 11.8 Å². The summed E-state index contributed by atoms with van der Waals surface area (Å²) in [7, 11) is 1.76.